The van der Waals surface area contributed by atoms with Gasteiger partial charge in [0, 0.05) is 10.7 Å². The van der Waals surface area contributed by atoms with Crippen LogP contribution in [0, 0.1) is 24.2 Å². The summed E-state index contributed by atoms with van der Waals surface area (Å²) < 4.78 is 27.3. The number of aryl methyl sites for hydroxylation is 1. The lowest BCUT2D eigenvalue weighted by molar-refractivity contribution is 0.280. The Morgan fingerprint density at radius 3 is 2.70 bits per heavy atom. The molecular formula is C14H18ClNO3S. The molecule has 0 aliphatic carbocycles. The van der Waals surface area contributed by atoms with E-state index in [9.17, 15) is 8.42 Å². The highest BCUT2D eigenvalue weighted by Crippen LogP contribution is 2.20. The maximum Gasteiger partial charge on any atom is 0.232 e. The number of hydrogen-bond donors (Lipinski definition) is 0. The maximum absolute atomic E-state index is 10.8. The van der Waals surface area contributed by atoms with Crippen molar-refractivity contribution in [1.29, 1.82) is 5.26 Å². The Morgan fingerprint density at radius 2 is 2.10 bits per heavy atom. The van der Waals surface area contributed by atoms with E-state index in [0.717, 1.165) is 12.0 Å². The average molecular weight is 316 g/mol. The molecule has 4 nitrogen and oxygen atoms in total. The van der Waals surface area contributed by atoms with E-state index in [-0.39, 0.29) is 11.7 Å². The molecule has 20 heavy (non-hydrogen) atoms. The Morgan fingerprint density at radius 1 is 1.40 bits per heavy atom. The summed E-state index contributed by atoms with van der Waals surface area (Å²) in [6.07, 6.45) is 1.26. The van der Waals surface area contributed by atoms with Crippen molar-refractivity contribution >= 4 is 19.7 Å². The van der Waals surface area contributed by atoms with Gasteiger partial charge in [0.15, 0.2) is 0 Å². The van der Waals surface area contributed by atoms with Gasteiger partial charge >= 0.3 is 0 Å². The van der Waals surface area contributed by atoms with Crippen molar-refractivity contribution in [3.63, 3.8) is 0 Å². The minimum absolute atomic E-state index is 0.0152. The van der Waals surface area contributed by atoms with E-state index in [1.807, 2.05) is 19.9 Å². The van der Waals surface area contributed by atoms with Gasteiger partial charge in [0.1, 0.15) is 5.75 Å². The predicted molar refractivity (Wildman–Crippen MR) is 79.4 cm³/mol. The lowest BCUT2D eigenvalue weighted by atomic mass is 10.1. The van der Waals surface area contributed by atoms with E-state index in [4.69, 9.17) is 20.7 Å². The molecule has 0 aromatic heterocycles. The fourth-order valence-electron chi connectivity index (χ4n) is 1.68. The van der Waals surface area contributed by atoms with E-state index in [0.29, 0.717) is 24.3 Å². The number of halogens is 1. The minimum Gasteiger partial charge on any atom is -0.493 e. The van der Waals surface area contributed by atoms with Crippen LogP contribution in [0.25, 0.3) is 0 Å². The van der Waals surface area contributed by atoms with E-state index in [1.54, 1.807) is 12.1 Å². The summed E-state index contributed by atoms with van der Waals surface area (Å²) in [6, 6.07) is 7.37. The topological polar surface area (TPSA) is 67.2 Å². The Hall–Kier alpha value is -1.25. The molecule has 0 spiro atoms. The van der Waals surface area contributed by atoms with Crippen molar-refractivity contribution in [2.75, 3.05) is 12.4 Å². The number of nitrogens with zero attached hydrogens (tertiary/aromatic N) is 1. The molecule has 0 amide bonds. The molecule has 0 N–H and O–H groups in total. The van der Waals surface area contributed by atoms with Crippen LogP contribution in [0.5, 0.6) is 5.75 Å². The Labute approximate surface area is 124 Å². The number of rotatable bonds is 7. The van der Waals surface area contributed by atoms with Crippen LogP contribution in [0.1, 0.15) is 30.9 Å². The van der Waals surface area contributed by atoms with Crippen LogP contribution in [-0.2, 0) is 9.05 Å². The molecule has 0 bridgehead atoms. The second-order valence-corrected chi connectivity index (χ2v) is 7.76. The molecule has 0 saturated carbocycles. The number of nitriles is 1. The van der Waals surface area contributed by atoms with Gasteiger partial charge in [-0.25, -0.2) is 8.42 Å². The van der Waals surface area contributed by atoms with E-state index in [1.165, 1.54) is 0 Å². The minimum atomic E-state index is -3.42. The van der Waals surface area contributed by atoms with Crippen molar-refractivity contribution in [2.24, 2.45) is 5.92 Å². The molecule has 1 atom stereocenters. The summed E-state index contributed by atoms with van der Waals surface area (Å²) in [6.45, 7) is 4.36. The Bertz CT molecular complexity index is 593. The highest BCUT2D eigenvalue weighted by molar-refractivity contribution is 8.13. The smallest absolute Gasteiger partial charge is 0.232 e. The first-order valence-corrected chi connectivity index (χ1v) is 8.85. The first-order valence-electron chi connectivity index (χ1n) is 6.37. The van der Waals surface area contributed by atoms with Crippen LogP contribution >= 0.6 is 10.7 Å². The molecule has 0 aliphatic heterocycles. The van der Waals surface area contributed by atoms with Crippen molar-refractivity contribution in [2.45, 2.75) is 26.7 Å². The SMILES string of the molecule is Cc1ccc(C#N)cc1OCCC(C)CCS(=O)(=O)Cl. The van der Waals surface area contributed by atoms with Crippen LogP contribution < -0.4 is 4.74 Å². The zero-order valence-electron chi connectivity index (χ0n) is 11.6. The normalized spacial score (nSPS) is 12.7. The standard InChI is InChI=1S/C14H18ClNO3S/c1-11(6-8-20(15,17)18)5-7-19-14-9-13(10-16)4-3-12(14)2/h3-4,9,11H,5-8H2,1-2H3. The van der Waals surface area contributed by atoms with Gasteiger partial charge in [-0.2, -0.15) is 5.26 Å². The summed E-state index contributed by atoms with van der Waals surface area (Å²) in [5.74, 6) is 0.891. The molecule has 0 radical (unpaired) electrons. The Balaban J connectivity index is 2.43. The molecule has 6 heteroatoms. The zero-order valence-corrected chi connectivity index (χ0v) is 13.2. The number of benzene rings is 1. The van der Waals surface area contributed by atoms with Gasteiger partial charge in [-0.3, -0.25) is 0 Å². The van der Waals surface area contributed by atoms with Crippen molar-refractivity contribution in [3.8, 4) is 11.8 Å². The number of hydrogen-bond acceptors (Lipinski definition) is 4. The van der Waals surface area contributed by atoms with Gasteiger partial charge in [0.2, 0.25) is 9.05 Å². The molecular weight excluding hydrogens is 298 g/mol. The number of ether oxygens (including phenoxy) is 1. The molecule has 0 fully saturated rings. The first-order chi connectivity index (χ1) is 9.31. The predicted octanol–water partition coefficient (Wildman–Crippen LogP) is 3.23. The van der Waals surface area contributed by atoms with Gasteiger partial charge in [-0.05, 0) is 43.4 Å². The zero-order chi connectivity index (χ0) is 15.2. The van der Waals surface area contributed by atoms with E-state index >= 15 is 0 Å². The van der Waals surface area contributed by atoms with Gasteiger partial charge in [-0.1, -0.05) is 13.0 Å². The molecule has 1 aromatic rings. The van der Waals surface area contributed by atoms with Crippen LogP contribution in [0.4, 0.5) is 0 Å². The van der Waals surface area contributed by atoms with Crippen molar-refractivity contribution in [3.05, 3.63) is 29.3 Å². The van der Waals surface area contributed by atoms with Crippen LogP contribution in [0.15, 0.2) is 18.2 Å². The molecule has 0 aliphatic rings. The lowest BCUT2D eigenvalue weighted by Gasteiger charge is -2.13. The van der Waals surface area contributed by atoms with E-state index in [2.05, 4.69) is 6.07 Å². The maximum atomic E-state index is 10.8. The highest BCUT2D eigenvalue weighted by Gasteiger charge is 2.10. The van der Waals surface area contributed by atoms with Crippen molar-refractivity contribution in [1.82, 2.24) is 0 Å². The van der Waals surface area contributed by atoms with Crippen molar-refractivity contribution < 1.29 is 13.2 Å². The van der Waals surface area contributed by atoms with Crippen LogP contribution in [-0.4, -0.2) is 20.8 Å². The summed E-state index contributed by atoms with van der Waals surface area (Å²) in [5.41, 5.74) is 1.53. The Kier molecular flexibility index (Phi) is 6.31. The summed E-state index contributed by atoms with van der Waals surface area (Å²) in [7, 11) is 1.75. The lowest BCUT2D eigenvalue weighted by Crippen LogP contribution is -2.09. The fourth-order valence-corrected chi connectivity index (χ4v) is 2.63. The summed E-state index contributed by atoms with van der Waals surface area (Å²) in [5, 5.41) is 8.84. The molecule has 1 aromatic carbocycles. The summed E-state index contributed by atoms with van der Waals surface area (Å²) >= 11 is 0. The van der Waals surface area contributed by atoms with Gasteiger partial charge < -0.3 is 4.74 Å². The van der Waals surface area contributed by atoms with Gasteiger partial charge in [0.25, 0.3) is 0 Å². The molecule has 0 heterocycles. The molecule has 1 rings (SSSR count). The fraction of sp³-hybridized carbons (Fsp3) is 0.500. The first kappa shape index (κ1) is 16.8. The van der Waals surface area contributed by atoms with Crippen LogP contribution in [0.3, 0.4) is 0 Å². The monoisotopic (exact) mass is 315 g/mol. The van der Waals surface area contributed by atoms with Gasteiger partial charge in [-0.15, -0.1) is 0 Å². The molecule has 0 saturated heterocycles. The quantitative estimate of drug-likeness (QED) is 0.724. The second-order valence-electron chi connectivity index (χ2n) is 4.87. The highest BCUT2D eigenvalue weighted by atomic mass is 35.7. The van der Waals surface area contributed by atoms with Gasteiger partial charge in [0.05, 0.1) is 24.0 Å². The third-order valence-corrected chi connectivity index (χ3v) is 4.23. The third-order valence-electron chi connectivity index (χ3n) is 3.04. The molecule has 1 unspecified atom stereocenters. The average Bonchev–Trinajstić information content (AvgIpc) is 2.38. The third kappa shape index (κ3) is 6.27. The second kappa shape index (κ2) is 7.51. The largest absolute Gasteiger partial charge is 0.493 e. The van der Waals surface area contributed by atoms with Crippen LogP contribution in [0.2, 0.25) is 0 Å². The van der Waals surface area contributed by atoms with E-state index < -0.39 is 9.05 Å². The summed E-state index contributed by atoms with van der Waals surface area (Å²) in [4.78, 5) is 0. The molecule has 110 valence electrons.